The van der Waals surface area contributed by atoms with Crippen molar-refractivity contribution >= 4 is 12.0 Å². The standard InChI is InChI=1S/C11H22N2O5/c1-5-13(8(2)6-17-3)11(16)12-9(7-18-4)10(14)15/h8-9H,5-7H2,1-4H3,(H,12,16)(H,14,15). The summed E-state index contributed by atoms with van der Waals surface area (Å²) in [7, 11) is 2.93. The van der Waals surface area contributed by atoms with E-state index >= 15 is 0 Å². The molecule has 2 unspecified atom stereocenters. The van der Waals surface area contributed by atoms with E-state index in [-0.39, 0.29) is 12.6 Å². The fraction of sp³-hybridized carbons (Fsp3) is 0.818. The first-order valence-corrected chi connectivity index (χ1v) is 5.75. The Bertz CT molecular complexity index is 272. The molecule has 0 rings (SSSR count). The third-order valence-corrected chi connectivity index (χ3v) is 2.47. The van der Waals surface area contributed by atoms with Crippen LogP contribution in [-0.4, -0.2) is 68.1 Å². The van der Waals surface area contributed by atoms with Crippen LogP contribution in [-0.2, 0) is 14.3 Å². The first-order chi connectivity index (χ1) is 8.47. The van der Waals surface area contributed by atoms with Crippen molar-refractivity contribution in [3.05, 3.63) is 0 Å². The van der Waals surface area contributed by atoms with Crippen LogP contribution in [0.4, 0.5) is 4.79 Å². The number of aliphatic carboxylic acids is 1. The van der Waals surface area contributed by atoms with Gasteiger partial charge >= 0.3 is 12.0 Å². The molecule has 106 valence electrons. The van der Waals surface area contributed by atoms with Crippen LogP contribution in [0.5, 0.6) is 0 Å². The number of nitrogens with one attached hydrogen (secondary N) is 1. The van der Waals surface area contributed by atoms with E-state index < -0.39 is 18.0 Å². The Morgan fingerprint density at radius 3 is 2.22 bits per heavy atom. The van der Waals surface area contributed by atoms with Gasteiger partial charge in [-0.3, -0.25) is 0 Å². The number of rotatable bonds is 8. The molecular formula is C11H22N2O5. The molecule has 2 amide bonds. The molecule has 7 heteroatoms. The molecule has 0 bridgehead atoms. The highest BCUT2D eigenvalue weighted by Gasteiger charge is 2.24. The number of carboxylic acids is 1. The third kappa shape index (κ3) is 5.33. The molecule has 0 radical (unpaired) electrons. The largest absolute Gasteiger partial charge is 0.480 e. The highest BCUT2D eigenvalue weighted by molar-refractivity contribution is 5.82. The van der Waals surface area contributed by atoms with Crippen LogP contribution < -0.4 is 5.32 Å². The first-order valence-electron chi connectivity index (χ1n) is 5.75. The molecule has 0 aromatic carbocycles. The quantitative estimate of drug-likeness (QED) is 0.650. The predicted octanol–water partition coefficient (Wildman–Crippen LogP) is 0.152. The van der Waals surface area contributed by atoms with E-state index in [1.165, 1.54) is 12.0 Å². The topological polar surface area (TPSA) is 88.1 Å². The Balaban J connectivity index is 4.53. The molecule has 0 aliphatic rings. The summed E-state index contributed by atoms with van der Waals surface area (Å²) in [4.78, 5) is 24.3. The van der Waals surface area contributed by atoms with Crippen LogP contribution >= 0.6 is 0 Å². The van der Waals surface area contributed by atoms with E-state index in [4.69, 9.17) is 14.6 Å². The molecule has 0 aromatic rings. The summed E-state index contributed by atoms with van der Waals surface area (Å²) in [6, 6.07) is -1.62. The van der Waals surface area contributed by atoms with Crippen molar-refractivity contribution in [1.82, 2.24) is 10.2 Å². The second-order valence-electron chi connectivity index (χ2n) is 3.89. The predicted molar refractivity (Wildman–Crippen MR) is 65.5 cm³/mol. The average Bonchev–Trinajstić information content (AvgIpc) is 2.29. The number of methoxy groups -OCH3 is 2. The van der Waals surface area contributed by atoms with Crippen molar-refractivity contribution in [3.8, 4) is 0 Å². The van der Waals surface area contributed by atoms with Gasteiger partial charge in [0.05, 0.1) is 19.3 Å². The zero-order chi connectivity index (χ0) is 14.1. The molecule has 2 N–H and O–H groups in total. The maximum atomic E-state index is 11.9. The molecule has 0 aliphatic heterocycles. The minimum absolute atomic E-state index is 0.0721. The fourth-order valence-corrected chi connectivity index (χ4v) is 1.56. The van der Waals surface area contributed by atoms with Gasteiger partial charge in [-0.2, -0.15) is 0 Å². The van der Waals surface area contributed by atoms with Gasteiger partial charge in [0, 0.05) is 20.8 Å². The van der Waals surface area contributed by atoms with Crippen molar-refractivity contribution in [3.63, 3.8) is 0 Å². The Kier molecular flexibility index (Phi) is 8.06. The van der Waals surface area contributed by atoms with Gasteiger partial charge in [0.25, 0.3) is 0 Å². The molecule has 0 saturated carbocycles. The van der Waals surface area contributed by atoms with Crippen LogP contribution in [0.2, 0.25) is 0 Å². The zero-order valence-electron chi connectivity index (χ0n) is 11.3. The molecule has 7 nitrogen and oxygen atoms in total. The maximum absolute atomic E-state index is 11.9. The Labute approximate surface area is 107 Å². The van der Waals surface area contributed by atoms with Crippen molar-refractivity contribution in [2.24, 2.45) is 0 Å². The summed E-state index contributed by atoms with van der Waals surface area (Å²) in [5.41, 5.74) is 0. The summed E-state index contributed by atoms with van der Waals surface area (Å²) < 4.78 is 9.72. The lowest BCUT2D eigenvalue weighted by molar-refractivity contribution is -0.140. The average molecular weight is 262 g/mol. The Morgan fingerprint density at radius 2 is 1.83 bits per heavy atom. The summed E-state index contributed by atoms with van der Waals surface area (Å²) in [6.07, 6.45) is 0. The van der Waals surface area contributed by atoms with Crippen molar-refractivity contribution in [1.29, 1.82) is 0 Å². The van der Waals surface area contributed by atoms with Crippen molar-refractivity contribution < 1.29 is 24.2 Å². The van der Waals surface area contributed by atoms with Gasteiger partial charge in [-0.15, -0.1) is 0 Å². The Hall–Kier alpha value is -1.34. The van der Waals surface area contributed by atoms with Gasteiger partial charge in [-0.05, 0) is 13.8 Å². The van der Waals surface area contributed by atoms with Crippen LogP contribution in [0.3, 0.4) is 0 Å². The van der Waals surface area contributed by atoms with Crippen LogP contribution in [0.25, 0.3) is 0 Å². The van der Waals surface area contributed by atoms with Gasteiger partial charge in [0.15, 0.2) is 6.04 Å². The number of urea groups is 1. The lowest BCUT2D eigenvalue weighted by atomic mass is 10.3. The first kappa shape index (κ1) is 16.7. The summed E-state index contributed by atoms with van der Waals surface area (Å²) in [5.74, 6) is -1.12. The lowest BCUT2D eigenvalue weighted by Gasteiger charge is -2.29. The van der Waals surface area contributed by atoms with Crippen molar-refractivity contribution in [2.75, 3.05) is 34.0 Å². The maximum Gasteiger partial charge on any atom is 0.328 e. The van der Waals surface area contributed by atoms with Gasteiger partial charge < -0.3 is 24.8 Å². The highest BCUT2D eigenvalue weighted by Crippen LogP contribution is 2.01. The minimum Gasteiger partial charge on any atom is -0.480 e. The molecule has 0 fully saturated rings. The number of likely N-dealkylation sites (N-methyl/N-ethyl adjacent to an activating group) is 1. The van der Waals surface area contributed by atoms with E-state index in [1.807, 2.05) is 13.8 Å². The number of carbonyl (C=O) groups is 2. The molecule has 18 heavy (non-hydrogen) atoms. The van der Waals surface area contributed by atoms with Gasteiger partial charge in [-0.25, -0.2) is 9.59 Å². The van der Waals surface area contributed by atoms with Crippen LogP contribution in [0.1, 0.15) is 13.8 Å². The van der Waals surface area contributed by atoms with E-state index in [9.17, 15) is 9.59 Å². The zero-order valence-corrected chi connectivity index (χ0v) is 11.3. The van der Waals surface area contributed by atoms with E-state index in [2.05, 4.69) is 5.32 Å². The van der Waals surface area contributed by atoms with Gasteiger partial charge in [0.1, 0.15) is 0 Å². The number of ether oxygens (including phenoxy) is 2. The number of carboxylic acid groups (broad SMARTS) is 1. The van der Waals surface area contributed by atoms with E-state index in [0.717, 1.165) is 0 Å². The van der Waals surface area contributed by atoms with E-state index in [1.54, 1.807) is 7.11 Å². The molecule has 2 atom stereocenters. The third-order valence-electron chi connectivity index (χ3n) is 2.47. The molecule has 0 aliphatic carbocycles. The fourth-order valence-electron chi connectivity index (χ4n) is 1.56. The molecule has 0 aromatic heterocycles. The summed E-state index contributed by atoms with van der Waals surface area (Å²) in [6.45, 7) is 4.44. The number of hydrogen-bond acceptors (Lipinski definition) is 4. The summed E-state index contributed by atoms with van der Waals surface area (Å²) in [5, 5.41) is 11.3. The lowest BCUT2D eigenvalue weighted by Crippen LogP contribution is -2.52. The number of amides is 2. The number of nitrogens with zero attached hydrogens (tertiary/aromatic N) is 1. The normalized spacial score (nSPS) is 13.8. The number of carbonyl (C=O) groups excluding carboxylic acids is 1. The van der Waals surface area contributed by atoms with Gasteiger partial charge in [-0.1, -0.05) is 0 Å². The smallest absolute Gasteiger partial charge is 0.328 e. The second kappa shape index (κ2) is 8.71. The Morgan fingerprint density at radius 1 is 1.28 bits per heavy atom. The molecule has 0 heterocycles. The molecule has 0 saturated heterocycles. The van der Waals surface area contributed by atoms with Gasteiger partial charge in [0.2, 0.25) is 0 Å². The minimum atomic E-state index is -1.12. The SMILES string of the molecule is CCN(C(=O)NC(COC)C(=O)O)C(C)COC. The summed E-state index contributed by atoms with van der Waals surface area (Å²) >= 11 is 0. The van der Waals surface area contributed by atoms with Crippen molar-refractivity contribution in [2.45, 2.75) is 25.9 Å². The van der Waals surface area contributed by atoms with Crippen LogP contribution in [0, 0.1) is 0 Å². The highest BCUT2D eigenvalue weighted by atomic mass is 16.5. The second-order valence-corrected chi connectivity index (χ2v) is 3.89. The molecule has 0 spiro atoms. The van der Waals surface area contributed by atoms with E-state index in [0.29, 0.717) is 13.2 Å². The monoisotopic (exact) mass is 262 g/mol. The number of hydrogen-bond donors (Lipinski definition) is 2. The van der Waals surface area contributed by atoms with Crippen LogP contribution in [0.15, 0.2) is 0 Å². The molecular weight excluding hydrogens is 240 g/mol.